The minimum atomic E-state index is -0.850. The van der Waals surface area contributed by atoms with E-state index in [-0.39, 0.29) is 35.0 Å². The van der Waals surface area contributed by atoms with E-state index in [1.807, 2.05) is 18.2 Å². The van der Waals surface area contributed by atoms with Crippen molar-refractivity contribution in [2.75, 3.05) is 16.0 Å². The lowest BCUT2D eigenvalue weighted by Crippen LogP contribution is -2.43. The van der Waals surface area contributed by atoms with Gasteiger partial charge in [0.15, 0.2) is 17.4 Å². The third-order valence-corrected chi connectivity index (χ3v) is 6.29. The summed E-state index contributed by atoms with van der Waals surface area (Å²) in [5.74, 6) is -1.85. The minimum absolute atomic E-state index is 0.0304. The van der Waals surface area contributed by atoms with E-state index < -0.39 is 17.6 Å². The topological polar surface area (TPSA) is 161 Å². The number of aromatic nitrogens is 2. The van der Waals surface area contributed by atoms with Crippen molar-refractivity contribution in [3.63, 3.8) is 0 Å². The SMILES string of the molecule is NC(=O)c1cc(F)c(NC2CCCCC2N)nc1Nc1cncc(NC(=O)c2cc3ccccc3o2)c1. The van der Waals surface area contributed by atoms with E-state index in [9.17, 15) is 14.0 Å². The molecule has 3 heterocycles. The second kappa shape index (κ2) is 10.2. The molecule has 1 aromatic carbocycles. The van der Waals surface area contributed by atoms with Crippen LogP contribution < -0.4 is 27.4 Å². The molecule has 1 aliphatic carbocycles. The molecule has 0 radical (unpaired) electrons. The number of carbonyl (C=O) groups is 2. The first-order valence-corrected chi connectivity index (χ1v) is 11.9. The first-order chi connectivity index (χ1) is 17.9. The zero-order valence-corrected chi connectivity index (χ0v) is 19.8. The Bertz CT molecular complexity index is 1440. The van der Waals surface area contributed by atoms with Crippen LogP contribution in [-0.4, -0.2) is 33.9 Å². The molecule has 4 aromatic rings. The van der Waals surface area contributed by atoms with Crippen molar-refractivity contribution in [3.8, 4) is 0 Å². The van der Waals surface area contributed by atoms with Gasteiger partial charge in [-0.3, -0.25) is 14.6 Å². The van der Waals surface area contributed by atoms with Crippen LogP contribution in [0.25, 0.3) is 11.0 Å². The van der Waals surface area contributed by atoms with E-state index in [0.29, 0.717) is 17.0 Å². The highest BCUT2D eigenvalue weighted by atomic mass is 19.1. The average molecular weight is 504 g/mol. The summed E-state index contributed by atoms with van der Waals surface area (Å²) in [5, 5.41) is 9.56. The number of carbonyl (C=O) groups excluding carboxylic acids is 2. The molecule has 0 aliphatic heterocycles. The van der Waals surface area contributed by atoms with Crippen molar-refractivity contribution < 1.29 is 18.4 Å². The number of amides is 2. The number of hydrogen-bond acceptors (Lipinski definition) is 8. The number of anilines is 4. The third kappa shape index (κ3) is 5.36. The number of rotatable bonds is 7. The molecule has 10 nitrogen and oxygen atoms in total. The van der Waals surface area contributed by atoms with Gasteiger partial charge in [-0.05, 0) is 37.1 Å². The van der Waals surface area contributed by atoms with Gasteiger partial charge in [0.1, 0.15) is 11.4 Å². The normalized spacial score (nSPS) is 17.4. The lowest BCUT2D eigenvalue weighted by atomic mass is 9.91. The zero-order valence-electron chi connectivity index (χ0n) is 19.8. The van der Waals surface area contributed by atoms with E-state index in [2.05, 4.69) is 25.9 Å². The highest BCUT2D eigenvalue weighted by molar-refractivity contribution is 6.05. The van der Waals surface area contributed by atoms with Gasteiger partial charge in [-0.1, -0.05) is 31.0 Å². The summed E-state index contributed by atoms with van der Waals surface area (Å²) in [7, 11) is 0. The lowest BCUT2D eigenvalue weighted by Gasteiger charge is -2.30. The third-order valence-electron chi connectivity index (χ3n) is 6.29. The van der Waals surface area contributed by atoms with Crippen molar-refractivity contribution in [2.24, 2.45) is 11.5 Å². The fraction of sp³-hybridized carbons (Fsp3) is 0.231. The molecule has 3 aromatic heterocycles. The first-order valence-electron chi connectivity index (χ1n) is 11.9. The Balaban J connectivity index is 1.37. The minimum Gasteiger partial charge on any atom is -0.451 e. The molecule has 190 valence electrons. The van der Waals surface area contributed by atoms with Gasteiger partial charge in [0.05, 0.1) is 29.3 Å². The molecule has 11 heteroatoms. The largest absolute Gasteiger partial charge is 0.451 e. The van der Waals surface area contributed by atoms with Crippen LogP contribution in [0.1, 0.15) is 46.6 Å². The van der Waals surface area contributed by atoms with Crippen LogP contribution in [0.3, 0.4) is 0 Å². The number of nitrogens with zero attached hydrogens (tertiary/aromatic N) is 2. The van der Waals surface area contributed by atoms with Crippen molar-refractivity contribution in [3.05, 3.63) is 72.0 Å². The maximum absolute atomic E-state index is 14.8. The van der Waals surface area contributed by atoms with Crippen molar-refractivity contribution in [1.29, 1.82) is 0 Å². The highest BCUT2D eigenvalue weighted by Crippen LogP contribution is 2.27. The van der Waals surface area contributed by atoms with Gasteiger partial charge in [0, 0.05) is 17.5 Å². The van der Waals surface area contributed by atoms with Crippen LogP contribution in [-0.2, 0) is 0 Å². The maximum atomic E-state index is 14.8. The number of fused-ring (bicyclic) bond motifs is 1. The molecular weight excluding hydrogens is 477 g/mol. The summed E-state index contributed by atoms with van der Waals surface area (Å²) in [6.07, 6.45) is 6.56. The van der Waals surface area contributed by atoms with E-state index in [1.165, 1.54) is 12.4 Å². The fourth-order valence-corrected chi connectivity index (χ4v) is 4.39. The number of primary amides is 1. The van der Waals surface area contributed by atoms with Gasteiger partial charge in [-0.15, -0.1) is 0 Å². The summed E-state index contributed by atoms with van der Waals surface area (Å²) >= 11 is 0. The Morgan fingerprint density at radius 3 is 2.59 bits per heavy atom. The molecular formula is C26H26FN7O3. The van der Waals surface area contributed by atoms with E-state index in [1.54, 1.807) is 18.2 Å². The smallest absolute Gasteiger partial charge is 0.291 e. The fourth-order valence-electron chi connectivity index (χ4n) is 4.39. The van der Waals surface area contributed by atoms with Crippen molar-refractivity contribution >= 4 is 45.8 Å². The van der Waals surface area contributed by atoms with Crippen molar-refractivity contribution in [2.45, 2.75) is 37.8 Å². The quantitative estimate of drug-likeness (QED) is 0.251. The van der Waals surface area contributed by atoms with Gasteiger partial charge < -0.3 is 31.8 Å². The summed E-state index contributed by atoms with van der Waals surface area (Å²) in [5.41, 5.74) is 12.9. The molecule has 1 fully saturated rings. The molecule has 1 aliphatic rings. The predicted molar refractivity (Wildman–Crippen MR) is 138 cm³/mol. The van der Waals surface area contributed by atoms with Crippen LogP contribution in [0.4, 0.5) is 27.4 Å². The summed E-state index contributed by atoms with van der Waals surface area (Å²) in [6, 6.07) is 11.3. The molecule has 2 atom stereocenters. The Morgan fingerprint density at radius 2 is 1.81 bits per heavy atom. The van der Waals surface area contributed by atoms with Crippen LogP contribution in [0.5, 0.6) is 0 Å². The summed E-state index contributed by atoms with van der Waals surface area (Å²) in [4.78, 5) is 33.1. The maximum Gasteiger partial charge on any atom is 0.291 e. The van der Waals surface area contributed by atoms with Crippen LogP contribution in [0, 0.1) is 5.82 Å². The summed E-state index contributed by atoms with van der Waals surface area (Å²) < 4.78 is 20.4. The second-order valence-corrected chi connectivity index (χ2v) is 8.97. The number of halogens is 1. The lowest BCUT2D eigenvalue weighted by molar-refractivity contribution is 0.0991. The Hall–Kier alpha value is -4.51. The molecule has 2 amide bonds. The molecule has 37 heavy (non-hydrogen) atoms. The molecule has 0 spiro atoms. The standard InChI is InChI=1S/C26H26FN7O3/c27-18-11-17(23(29)35)24(34-25(18)33-20-7-3-2-6-19(20)28)31-15-10-16(13-30-12-15)32-26(36)22-9-14-5-1-4-8-21(14)37-22/h1,4-5,8-13,19-20H,2-3,6-7,28H2,(H2,29,35)(H,32,36)(H2,31,33,34). The molecule has 7 N–H and O–H groups in total. The average Bonchev–Trinajstić information content (AvgIpc) is 3.32. The van der Waals surface area contributed by atoms with Crippen LogP contribution in [0.15, 0.2) is 59.3 Å². The Kier molecular flexibility index (Phi) is 6.69. The molecule has 0 bridgehead atoms. The zero-order chi connectivity index (χ0) is 25.9. The number of nitrogens with one attached hydrogen (secondary N) is 3. The van der Waals surface area contributed by atoms with Gasteiger partial charge in [0.2, 0.25) is 0 Å². The highest BCUT2D eigenvalue weighted by Gasteiger charge is 2.24. The first kappa shape index (κ1) is 24.2. The number of hydrogen-bond donors (Lipinski definition) is 5. The van der Waals surface area contributed by atoms with Crippen LogP contribution >= 0.6 is 0 Å². The van der Waals surface area contributed by atoms with Gasteiger partial charge >= 0.3 is 0 Å². The number of para-hydroxylation sites is 1. The second-order valence-electron chi connectivity index (χ2n) is 8.97. The molecule has 1 saturated carbocycles. The van der Waals surface area contributed by atoms with E-state index in [0.717, 1.165) is 37.1 Å². The number of benzene rings is 1. The number of furan rings is 1. The monoisotopic (exact) mass is 503 g/mol. The van der Waals surface area contributed by atoms with E-state index in [4.69, 9.17) is 15.9 Å². The predicted octanol–water partition coefficient (Wildman–Crippen LogP) is 4.14. The van der Waals surface area contributed by atoms with Gasteiger partial charge in [-0.25, -0.2) is 9.37 Å². The van der Waals surface area contributed by atoms with Gasteiger partial charge in [0.25, 0.3) is 11.8 Å². The van der Waals surface area contributed by atoms with Gasteiger partial charge in [-0.2, -0.15) is 0 Å². The van der Waals surface area contributed by atoms with Crippen molar-refractivity contribution in [1.82, 2.24) is 9.97 Å². The Morgan fingerprint density at radius 1 is 1.03 bits per heavy atom. The number of nitrogens with two attached hydrogens (primary N) is 2. The number of pyridine rings is 2. The Labute approximate surface area is 211 Å². The summed E-state index contributed by atoms with van der Waals surface area (Å²) in [6.45, 7) is 0. The van der Waals surface area contributed by atoms with E-state index >= 15 is 0 Å². The molecule has 5 rings (SSSR count). The molecule has 0 saturated heterocycles. The van der Waals surface area contributed by atoms with Crippen LogP contribution in [0.2, 0.25) is 0 Å². The molecule has 2 unspecified atom stereocenters.